The first kappa shape index (κ1) is 12.9. The van der Waals surface area contributed by atoms with Crippen molar-refractivity contribution in [1.82, 2.24) is 10.1 Å². The Labute approximate surface area is 89.2 Å². The fourth-order valence-corrected chi connectivity index (χ4v) is 0.887. The summed E-state index contributed by atoms with van der Waals surface area (Å²) in [6.07, 6.45) is -5.12. The molecule has 1 rings (SSSR count). The third-order valence-corrected chi connectivity index (χ3v) is 1.58. The van der Waals surface area contributed by atoms with Crippen molar-refractivity contribution in [3.63, 3.8) is 0 Å². The zero-order valence-electron chi connectivity index (χ0n) is 8.49. The maximum atomic E-state index is 11.7. The smallest absolute Gasteiger partial charge is 0.385 e. The average molecular weight is 240 g/mol. The number of hydrogen-bond donors (Lipinski definition) is 1. The molecule has 8 heteroatoms. The van der Waals surface area contributed by atoms with Crippen LogP contribution in [0.5, 0.6) is 0 Å². The Bertz CT molecular complexity index is 325. The van der Waals surface area contributed by atoms with Gasteiger partial charge in [-0.15, -0.1) is 0 Å². The summed E-state index contributed by atoms with van der Waals surface area (Å²) in [5.41, 5.74) is 0. The lowest BCUT2D eigenvalue weighted by atomic mass is 10.4. The van der Waals surface area contributed by atoms with Crippen LogP contribution < -0.4 is 0 Å². The van der Waals surface area contributed by atoms with Gasteiger partial charge in [0.1, 0.15) is 12.7 Å². The van der Waals surface area contributed by atoms with Gasteiger partial charge in [0.15, 0.2) is 5.82 Å². The highest BCUT2D eigenvalue weighted by Crippen LogP contribution is 2.14. The number of aliphatic hydroxyl groups is 1. The third kappa shape index (κ3) is 4.58. The van der Waals surface area contributed by atoms with Crippen LogP contribution in [0.15, 0.2) is 4.52 Å². The van der Waals surface area contributed by atoms with E-state index in [-0.39, 0.29) is 24.7 Å². The number of alkyl halides is 3. The van der Waals surface area contributed by atoms with Crippen molar-refractivity contribution >= 4 is 0 Å². The molecule has 0 aliphatic heterocycles. The minimum Gasteiger partial charge on any atom is -0.385 e. The van der Waals surface area contributed by atoms with Gasteiger partial charge >= 0.3 is 6.18 Å². The highest BCUT2D eigenvalue weighted by molar-refractivity contribution is 4.88. The van der Waals surface area contributed by atoms with Gasteiger partial charge in [-0.05, 0) is 6.92 Å². The Balaban J connectivity index is 2.27. The largest absolute Gasteiger partial charge is 0.411 e. The Morgan fingerprint density at radius 2 is 2.19 bits per heavy atom. The lowest BCUT2D eigenvalue weighted by Crippen LogP contribution is -2.18. The lowest BCUT2D eigenvalue weighted by molar-refractivity contribution is -0.173. The predicted octanol–water partition coefficient (Wildman–Crippen LogP) is 1.24. The average Bonchev–Trinajstić information content (AvgIpc) is 2.59. The van der Waals surface area contributed by atoms with Crippen LogP contribution in [-0.4, -0.2) is 34.6 Å². The summed E-state index contributed by atoms with van der Waals surface area (Å²) >= 11 is 0. The zero-order chi connectivity index (χ0) is 12.2. The van der Waals surface area contributed by atoms with E-state index in [9.17, 15) is 13.2 Å². The molecule has 1 N–H and O–H groups in total. The van der Waals surface area contributed by atoms with Crippen LogP contribution in [0.3, 0.4) is 0 Å². The fourth-order valence-electron chi connectivity index (χ4n) is 0.887. The molecular formula is C8H11F3N2O3. The highest BCUT2D eigenvalue weighted by atomic mass is 19.4. The molecule has 1 atom stereocenters. The first-order valence-electron chi connectivity index (χ1n) is 4.53. The fraction of sp³-hybridized carbons (Fsp3) is 0.750. The van der Waals surface area contributed by atoms with Gasteiger partial charge < -0.3 is 14.4 Å². The SMILES string of the molecule is CC(O)c1noc(CCOCC(F)(F)F)n1. The van der Waals surface area contributed by atoms with Gasteiger partial charge in [0.05, 0.1) is 13.0 Å². The van der Waals surface area contributed by atoms with Crippen LogP contribution in [0.25, 0.3) is 0 Å². The maximum absolute atomic E-state index is 11.7. The van der Waals surface area contributed by atoms with Crippen molar-refractivity contribution in [2.24, 2.45) is 0 Å². The van der Waals surface area contributed by atoms with Crippen molar-refractivity contribution in [2.45, 2.75) is 25.6 Å². The van der Waals surface area contributed by atoms with Gasteiger partial charge in [-0.1, -0.05) is 5.16 Å². The van der Waals surface area contributed by atoms with Crippen molar-refractivity contribution in [3.05, 3.63) is 11.7 Å². The van der Waals surface area contributed by atoms with E-state index in [4.69, 9.17) is 5.11 Å². The Morgan fingerprint density at radius 3 is 2.69 bits per heavy atom. The molecule has 0 saturated heterocycles. The molecule has 0 bridgehead atoms. The molecule has 1 unspecified atom stereocenters. The summed E-state index contributed by atoms with van der Waals surface area (Å²) in [6, 6.07) is 0. The molecule has 16 heavy (non-hydrogen) atoms. The van der Waals surface area contributed by atoms with Crippen LogP contribution in [0.1, 0.15) is 24.7 Å². The van der Waals surface area contributed by atoms with Crippen LogP contribution in [0, 0.1) is 0 Å². The molecular weight excluding hydrogens is 229 g/mol. The summed E-state index contributed by atoms with van der Waals surface area (Å²) in [6.45, 7) is -0.0138. The molecule has 0 amide bonds. The van der Waals surface area contributed by atoms with Gasteiger partial charge in [0, 0.05) is 0 Å². The molecule has 0 fully saturated rings. The van der Waals surface area contributed by atoms with Crippen molar-refractivity contribution in [2.75, 3.05) is 13.2 Å². The standard InChI is InChI=1S/C8H11F3N2O3/c1-5(14)7-12-6(16-13-7)2-3-15-4-8(9,10)11/h5,14H,2-4H2,1H3. The minimum atomic E-state index is -4.33. The molecule has 92 valence electrons. The molecule has 0 spiro atoms. The van der Waals surface area contributed by atoms with E-state index in [1.165, 1.54) is 6.92 Å². The van der Waals surface area contributed by atoms with E-state index >= 15 is 0 Å². The molecule has 1 aromatic rings. The van der Waals surface area contributed by atoms with Crippen molar-refractivity contribution in [1.29, 1.82) is 0 Å². The number of aliphatic hydroxyl groups excluding tert-OH is 1. The van der Waals surface area contributed by atoms with Crippen molar-refractivity contribution in [3.8, 4) is 0 Å². The predicted molar refractivity (Wildman–Crippen MR) is 45.5 cm³/mol. The van der Waals surface area contributed by atoms with Crippen LogP contribution in [-0.2, 0) is 11.2 Å². The van der Waals surface area contributed by atoms with Gasteiger partial charge in [0.25, 0.3) is 0 Å². The van der Waals surface area contributed by atoms with Crippen molar-refractivity contribution < 1.29 is 27.5 Å². The molecule has 1 heterocycles. The third-order valence-electron chi connectivity index (χ3n) is 1.58. The second-order valence-corrected chi connectivity index (χ2v) is 3.14. The molecule has 0 radical (unpaired) electrons. The quantitative estimate of drug-likeness (QED) is 0.784. The number of hydrogen-bond acceptors (Lipinski definition) is 5. The van der Waals surface area contributed by atoms with Crippen LogP contribution >= 0.6 is 0 Å². The van der Waals surface area contributed by atoms with E-state index in [2.05, 4.69) is 19.4 Å². The first-order chi connectivity index (χ1) is 7.38. The summed E-state index contributed by atoms with van der Waals surface area (Å²) in [4.78, 5) is 3.75. The summed E-state index contributed by atoms with van der Waals surface area (Å²) in [5, 5.41) is 12.5. The molecule has 0 saturated carbocycles. The number of aromatic nitrogens is 2. The van der Waals surface area contributed by atoms with Crippen LogP contribution in [0.2, 0.25) is 0 Å². The first-order valence-corrected chi connectivity index (χ1v) is 4.53. The molecule has 0 aliphatic carbocycles. The van der Waals surface area contributed by atoms with E-state index in [0.717, 1.165) is 0 Å². The lowest BCUT2D eigenvalue weighted by Gasteiger charge is -2.05. The Morgan fingerprint density at radius 1 is 1.50 bits per heavy atom. The zero-order valence-corrected chi connectivity index (χ0v) is 8.49. The topological polar surface area (TPSA) is 68.4 Å². The maximum Gasteiger partial charge on any atom is 0.411 e. The van der Waals surface area contributed by atoms with E-state index in [1.807, 2.05) is 0 Å². The minimum absolute atomic E-state index is 0.0792. The molecule has 0 aromatic carbocycles. The normalized spacial score (nSPS) is 14.1. The second kappa shape index (κ2) is 5.26. The van der Waals surface area contributed by atoms with E-state index < -0.39 is 18.9 Å². The van der Waals surface area contributed by atoms with Gasteiger partial charge in [-0.2, -0.15) is 18.2 Å². The van der Waals surface area contributed by atoms with E-state index in [0.29, 0.717) is 0 Å². The van der Waals surface area contributed by atoms with Gasteiger partial charge in [-0.25, -0.2) is 0 Å². The monoisotopic (exact) mass is 240 g/mol. The number of ether oxygens (including phenoxy) is 1. The highest BCUT2D eigenvalue weighted by Gasteiger charge is 2.27. The van der Waals surface area contributed by atoms with Gasteiger partial charge in [0.2, 0.25) is 5.89 Å². The summed E-state index contributed by atoms with van der Waals surface area (Å²) in [5.74, 6) is 0.240. The molecule has 5 nitrogen and oxygen atoms in total. The number of rotatable bonds is 5. The summed E-state index contributed by atoms with van der Waals surface area (Å²) in [7, 11) is 0. The van der Waals surface area contributed by atoms with Crippen LogP contribution in [0.4, 0.5) is 13.2 Å². The molecule has 0 aliphatic rings. The Kier molecular flexibility index (Phi) is 4.25. The number of halogens is 3. The second-order valence-electron chi connectivity index (χ2n) is 3.14. The Hall–Kier alpha value is -1.15. The van der Waals surface area contributed by atoms with Gasteiger partial charge in [-0.3, -0.25) is 0 Å². The number of nitrogens with zero attached hydrogens (tertiary/aromatic N) is 2. The molecule has 1 aromatic heterocycles. The van der Waals surface area contributed by atoms with E-state index in [1.54, 1.807) is 0 Å². The summed E-state index contributed by atoms with van der Waals surface area (Å²) < 4.78 is 44.1.